The topological polar surface area (TPSA) is 80.0 Å². The second-order valence-electron chi connectivity index (χ2n) is 4.75. The molecular formula is C14H21ClN4O2S. The molecule has 0 bridgehead atoms. The molecule has 6 nitrogen and oxygen atoms in total. The van der Waals surface area contributed by atoms with Gasteiger partial charge in [-0.25, -0.2) is 0 Å². The van der Waals surface area contributed by atoms with E-state index in [2.05, 4.69) is 20.8 Å². The number of amides is 1. The minimum absolute atomic E-state index is 0. The zero-order valence-corrected chi connectivity index (χ0v) is 14.3. The number of nitrogens with one attached hydrogen (secondary N) is 2. The Morgan fingerprint density at radius 1 is 1.50 bits per heavy atom. The predicted molar refractivity (Wildman–Crippen MR) is 89.3 cm³/mol. The molecule has 0 aliphatic heterocycles. The number of carbonyl (C=O) groups is 1. The number of thiophene rings is 1. The average molecular weight is 345 g/mol. The van der Waals surface area contributed by atoms with E-state index in [0.29, 0.717) is 31.1 Å². The van der Waals surface area contributed by atoms with Gasteiger partial charge in [0.15, 0.2) is 0 Å². The summed E-state index contributed by atoms with van der Waals surface area (Å²) in [4.78, 5) is 17.0. The Morgan fingerprint density at radius 2 is 2.32 bits per heavy atom. The van der Waals surface area contributed by atoms with E-state index in [9.17, 15) is 4.79 Å². The van der Waals surface area contributed by atoms with Crippen LogP contribution >= 0.6 is 23.7 Å². The van der Waals surface area contributed by atoms with E-state index in [-0.39, 0.29) is 24.4 Å². The van der Waals surface area contributed by atoms with Crippen LogP contribution in [0.1, 0.15) is 26.2 Å². The van der Waals surface area contributed by atoms with Crippen LogP contribution in [0.15, 0.2) is 22.0 Å². The van der Waals surface area contributed by atoms with Crippen LogP contribution in [0.25, 0.3) is 10.7 Å². The lowest BCUT2D eigenvalue weighted by atomic mass is 10.2. The molecule has 0 radical (unpaired) electrons. The van der Waals surface area contributed by atoms with E-state index in [1.165, 1.54) is 0 Å². The monoisotopic (exact) mass is 344 g/mol. The predicted octanol–water partition coefficient (Wildman–Crippen LogP) is 2.27. The fraction of sp³-hybridized carbons (Fsp3) is 0.500. The lowest BCUT2D eigenvalue weighted by Gasteiger charge is -2.12. The molecule has 2 aromatic heterocycles. The fourth-order valence-electron chi connectivity index (χ4n) is 1.86. The van der Waals surface area contributed by atoms with E-state index in [1.807, 2.05) is 31.4 Å². The molecule has 0 spiro atoms. The number of rotatable bonds is 8. The molecule has 1 atom stereocenters. The van der Waals surface area contributed by atoms with Crippen LogP contribution in [0, 0.1) is 0 Å². The minimum Gasteiger partial charge on any atom is -0.355 e. The van der Waals surface area contributed by atoms with Gasteiger partial charge in [-0.05, 0) is 24.9 Å². The Morgan fingerprint density at radius 3 is 3.00 bits per heavy atom. The van der Waals surface area contributed by atoms with Gasteiger partial charge in [-0.2, -0.15) is 4.98 Å². The summed E-state index contributed by atoms with van der Waals surface area (Å²) in [6, 6.07) is 4.15. The molecule has 1 amide bonds. The maximum Gasteiger partial charge on any atom is 0.227 e. The number of aryl methyl sites for hydroxylation is 1. The molecule has 0 aliphatic rings. The van der Waals surface area contributed by atoms with Crippen LogP contribution in [0.5, 0.6) is 0 Å². The van der Waals surface area contributed by atoms with Gasteiger partial charge in [0.2, 0.25) is 17.6 Å². The number of nitrogens with zero attached hydrogens (tertiary/aromatic N) is 2. The maximum absolute atomic E-state index is 11.7. The van der Waals surface area contributed by atoms with Crippen molar-refractivity contribution in [2.45, 2.75) is 32.7 Å². The summed E-state index contributed by atoms with van der Waals surface area (Å²) in [6.07, 6.45) is 0.810. The van der Waals surface area contributed by atoms with Gasteiger partial charge < -0.3 is 15.2 Å². The first-order valence-corrected chi connectivity index (χ1v) is 7.93. The third-order valence-corrected chi connectivity index (χ3v) is 3.80. The molecule has 8 heteroatoms. The summed E-state index contributed by atoms with van der Waals surface area (Å²) in [5.41, 5.74) is 0. The summed E-state index contributed by atoms with van der Waals surface area (Å²) >= 11 is 1.56. The third-order valence-electron chi connectivity index (χ3n) is 2.93. The summed E-state index contributed by atoms with van der Waals surface area (Å²) in [5.74, 6) is 1.07. The standard InChI is InChI=1S/C14H20N4O2S.ClH/c1-3-15-10(2)9-16-12(19)6-7-13-17-14(18-20-13)11-5-4-8-21-11;/h4-5,8,10,15H,3,6-7,9H2,1-2H3,(H,16,19);1H/t10-;/m1./s1. The lowest BCUT2D eigenvalue weighted by molar-refractivity contribution is -0.121. The Kier molecular flexibility index (Phi) is 8.08. The van der Waals surface area contributed by atoms with Crippen LogP contribution in [-0.2, 0) is 11.2 Å². The van der Waals surface area contributed by atoms with E-state index in [0.717, 1.165) is 11.4 Å². The van der Waals surface area contributed by atoms with Crippen LogP contribution in [0.2, 0.25) is 0 Å². The number of halogens is 1. The smallest absolute Gasteiger partial charge is 0.227 e. The van der Waals surface area contributed by atoms with Gasteiger partial charge in [0.1, 0.15) is 0 Å². The zero-order valence-electron chi connectivity index (χ0n) is 12.7. The first kappa shape index (κ1) is 18.6. The summed E-state index contributed by atoms with van der Waals surface area (Å²) in [6.45, 7) is 5.59. The van der Waals surface area contributed by atoms with Crippen LogP contribution in [-0.4, -0.2) is 35.2 Å². The SMILES string of the molecule is CCN[C@H](C)CNC(=O)CCc1nc(-c2cccs2)no1.Cl. The molecule has 2 rings (SSSR count). The average Bonchev–Trinajstić information content (AvgIpc) is 3.13. The van der Waals surface area contributed by atoms with Crippen molar-refractivity contribution in [2.75, 3.05) is 13.1 Å². The molecule has 0 saturated carbocycles. The minimum atomic E-state index is -0.00405. The Balaban J connectivity index is 0.00000242. The van der Waals surface area contributed by atoms with Gasteiger partial charge in [-0.3, -0.25) is 4.79 Å². The molecule has 0 saturated heterocycles. The van der Waals surface area contributed by atoms with E-state index in [1.54, 1.807) is 11.3 Å². The summed E-state index contributed by atoms with van der Waals surface area (Å²) in [5, 5.41) is 12.0. The van der Waals surface area contributed by atoms with E-state index >= 15 is 0 Å². The molecule has 0 fully saturated rings. The van der Waals surface area contributed by atoms with Crippen molar-refractivity contribution in [3.05, 3.63) is 23.4 Å². The lowest BCUT2D eigenvalue weighted by Crippen LogP contribution is -2.38. The molecule has 2 heterocycles. The highest BCUT2D eigenvalue weighted by molar-refractivity contribution is 7.13. The van der Waals surface area contributed by atoms with E-state index < -0.39 is 0 Å². The molecular weight excluding hydrogens is 324 g/mol. The van der Waals surface area contributed by atoms with Crippen LogP contribution < -0.4 is 10.6 Å². The Labute approximate surface area is 140 Å². The van der Waals surface area contributed by atoms with Gasteiger partial charge in [0.05, 0.1) is 4.88 Å². The molecule has 2 aromatic rings. The quantitative estimate of drug-likeness (QED) is 0.767. The van der Waals surface area contributed by atoms with Crippen molar-refractivity contribution in [1.29, 1.82) is 0 Å². The van der Waals surface area contributed by atoms with Crippen LogP contribution in [0.4, 0.5) is 0 Å². The Bertz CT molecular complexity index is 559. The fourth-order valence-corrected chi connectivity index (χ4v) is 2.51. The van der Waals surface area contributed by atoms with Gasteiger partial charge in [0, 0.05) is 25.4 Å². The van der Waals surface area contributed by atoms with Crippen molar-refractivity contribution >= 4 is 29.7 Å². The number of hydrogen-bond donors (Lipinski definition) is 2. The van der Waals surface area contributed by atoms with Gasteiger partial charge in [-0.15, -0.1) is 23.7 Å². The largest absolute Gasteiger partial charge is 0.355 e. The summed E-state index contributed by atoms with van der Waals surface area (Å²) < 4.78 is 5.16. The highest BCUT2D eigenvalue weighted by atomic mass is 35.5. The van der Waals surface area contributed by atoms with E-state index in [4.69, 9.17) is 4.52 Å². The Hall–Kier alpha value is -1.44. The molecule has 22 heavy (non-hydrogen) atoms. The molecule has 0 aliphatic carbocycles. The van der Waals surface area contributed by atoms with Crippen molar-refractivity contribution in [2.24, 2.45) is 0 Å². The third kappa shape index (κ3) is 5.75. The molecule has 2 N–H and O–H groups in total. The first-order valence-electron chi connectivity index (χ1n) is 7.05. The normalized spacial score (nSPS) is 11.7. The molecule has 0 unspecified atom stereocenters. The van der Waals surface area contributed by atoms with Gasteiger partial charge in [0.25, 0.3) is 0 Å². The summed E-state index contributed by atoms with van der Waals surface area (Å²) in [7, 11) is 0. The second-order valence-corrected chi connectivity index (χ2v) is 5.70. The van der Waals surface area contributed by atoms with Crippen LogP contribution in [0.3, 0.4) is 0 Å². The maximum atomic E-state index is 11.7. The number of likely N-dealkylation sites (N-methyl/N-ethyl adjacent to an activating group) is 1. The van der Waals surface area contributed by atoms with Crippen molar-refractivity contribution < 1.29 is 9.32 Å². The van der Waals surface area contributed by atoms with Gasteiger partial charge in [-0.1, -0.05) is 18.1 Å². The molecule has 0 aromatic carbocycles. The second kappa shape index (κ2) is 9.55. The van der Waals surface area contributed by atoms with Crippen molar-refractivity contribution in [3.8, 4) is 10.7 Å². The molecule has 122 valence electrons. The first-order chi connectivity index (χ1) is 10.2. The van der Waals surface area contributed by atoms with Crippen molar-refractivity contribution in [3.63, 3.8) is 0 Å². The zero-order chi connectivity index (χ0) is 15.1. The van der Waals surface area contributed by atoms with Crippen molar-refractivity contribution in [1.82, 2.24) is 20.8 Å². The number of aromatic nitrogens is 2. The highest BCUT2D eigenvalue weighted by Crippen LogP contribution is 2.21. The highest BCUT2D eigenvalue weighted by Gasteiger charge is 2.11. The van der Waals surface area contributed by atoms with Gasteiger partial charge >= 0.3 is 0 Å². The number of carbonyl (C=O) groups excluding carboxylic acids is 1. The number of hydrogen-bond acceptors (Lipinski definition) is 6.